The van der Waals surface area contributed by atoms with Crippen LogP contribution in [-0.4, -0.2) is 6.54 Å². The Morgan fingerprint density at radius 3 is 2.62 bits per heavy atom. The number of hydrogen-bond donors (Lipinski definition) is 1. The van der Waals surface area contributed by atoms with Gasteiger partial charge in [0.1, 0.15) is 0 Å². The van der Waals surface area contributed by atoms with Gasteiger partial charge in [0, 0.05) is 4.47 Å². The average molecular weight is 362 g/mol. The van der Waals surface area contributed by atoms with Gasteiger partial charge < -0.3 is 5.32 Å². The van der Waals surface area contributed by atoms with E-state index in [4.69, 9.17) is 0 Å². The Bertz CT molecular complexity index is 523. The Balaban J connectivity index is 2.38. The van der Waals surface area contributed by atoms with E-state index in [1.807, 2.05) is 6.92 Å². The molecule has 0 spiro atoms. The lowest BCUT2D eigenvalue weighted by Crippen LogP contribution is -2.24. The first kappa shape index (κ1) is 16.6. The van der Waals surface area contributed by atoms with Gasteiger partial charge in [0.2, 0.25) is 0 Å². The Kier molecular flexibility index (Phi) is 5.49. The highest BCUT2D eigenvalue weighted by Crippen LogP contribution is 2.38. The van der Waals surface area contributed by atoms with Crippen molar-refractivity contribution < 1.29 is 13.2 Å². The van der Waals surface area contributed by atoms with E-state index in [-0.39, 0.29) is 10.5 Å². The molecule has 0 saturated heterocycles. The molecule has 1 nitrogen and oxygen atoms in total. The Labute approximate surface area is 131 Å². The van der Waals surface area contributed by atoms with Gasteiger partial charge in [-0.25, -0.2) is 0 Å². The topological polar surface area (TPSA) is 12.0 Å². The molecule has 0 aliphatic heterocycles. The molecule has 0 saturated carbocycles. The van der Waals surface area contributed by atoms with Gasteiger partial charge in [-0.3, -0.25) is 0 Å². The fourth-order valence-electron chi connectivity index (χ4n) is 2.73. The normalized spacial score (nSPS) is 17.5. The molecule has 2 rings (SSSR count). The van der Waals surface area contributed by atoms with Gasteiger partial charge >= 0.3 is 6.18 Å². The first-order valence-electron chi connectivity index (χ1n) is 7.22. The van der Waals surface area contributed by atoms with Gasteiger partial charge in [-0.2, -0.15) is 13.2 Å². The van der Waals surface area contributed by atoms with Crippen LogP contribution < -0.4 is 5.32 Å². The average Bonchev–Trinajstić information content (AvgIpc) is 2.45. The molecule has 0 bridgehead atoms. The molecule has 1 unspecified atom stereocenters. The molecule has 0 fully saturated rings. The van der Waals surface area contributed by atoms with E-state index in [9.17, 15) is 13.2 Å². The van der Waals surface area contributed by atoms with Crippen molar-refractivity contribution >= 4 is 15.9 Å². The van der Waals surface area contributed by atoms with Crippen LogP contribution in [0, 0.1) is 0 Å². The number of nitrogens with one attached hydrogen (secondary N) is 1. The molecule has 0 aromatic heterocycles. The molecule has 1 aliphatic rings. The third kappa shape index (κ3) is 4.10. The van der Waals surface area contributed by atoms with Crippen LogP contribution in [0.3, 0.4) is 0 Å². The van der Waals surface area contributed by atoms with E-state index in [0.29, 0.717) is 5.56 Å². The third-order valence-electron chi connectivity index (χ3n) is 3.73. The number of likely N-dealkylation sites (N-methyl/N-ethyl adjacent to an activating group) is 1. The smallest absolute Gasteiger partial charge is 0.307 e. The fraction of sp³-hybridized carbons (Fsp3) is 0.500. The van der Waals surface area contributed by atoms with Gasteiger partial charge in [0.15, 0.2) is 0 Å². The molecule has 0 radical (unpaired) electrons. The minimum Gasteiger partial charge on any atom is -0.307 e. The minimum absolute atomic E-state index is 0.0895. The predicted octanol–water partition coefficient (Wildman–Crippen LogP) is 5.62. The summed E-state index contributed by atoms with van der Waals surface area (Å²) in [6.07, 6.45) is 2.07. The zero-order chi connectivity index (χ0) is 15.5. The zero-order valence-electron chi connectivity index (χ0n) is 11.9. The van der Waals surface area contributed by atoms with E-state index in [1.54, 1.807) is 6.07 Å². The van der Waals surface area contributed by atoms with Crippen molar-refractivity contribution in [2.45, 2.75) is 44.8 Å². The molecule has 1 aliphatic carbocycles. The van der Waals surface area contributed by atoms with Gasteiger partial charge in [-0.1, -0.05) is 40.6 Å². The zero-order valence-corrected chi connectivity index (χ0v) is 13.5. The second kappa shape index (κ2) is 6.97. The number of rotatable bonds is 4. The molecular formula is C16H19BrF3N. The monoisotopic (exact) mass is 361 g/mol. The molecule has 1 atom stereocenters. The molecule has 1 N–H and O–H groups in total. The first-order chi connectivity index (χ1) is 9.93. The van der Waals surface area contributed by atoms with Gasteiger partial charge in [0.05, 0.1) is 11.6 Å². The largest absolute Gasteiger partial charge is 0.417 e. The molecule has 116 valence electrons. The summed E-state index contributed by atoms with van der Waals surface area (Å²) in [7, 11) is 0. The SMILES string of the molecule is CCNC(C1=CCCCC1)c1ccc(Br)c(C(F)(F)F)c1. The Morgan fingerprint density at radius 2 is 2.05 bits per heavy atom. The summed E-state index contributed by atoms with van der Waals surface area (Å²) in [5.74, 6) is 0. The maximum atomic E-state index is 13.1. The maximum Gasteiger partial charge on any atom is 0.417 e. The summed E-state index contributed by atoms with van der Waals surface area (Å²) in [4.78, 5) is 0. The highest BCUT2D eigenvalue weighted by molar-refractivity contribution is 9.10. The van der Waals surface area contributed by atoms with E-state index in [0.717, 1.165) is 32.2 Å². The van der Waals surface area contributed by atoms with Crippen molar-refractivity contribution in [1.29, 1.82) is 0 Å². The summed E-state index contributed by atoms with van der Waals surface area (Å²) in [5.41, 5.74) is 1.28. The predicted molar refractivity (Wildman–Crippen MR) is 82.1 cm³/mol. The molecule has 0 amide bonds. The first-order valence-corrected chi connectivity index (χ1v) is 8.01. The van der Waals surface area contributed by atoms with Crippen molar-refractivity contribution in [1.82, 2.24) is 5.32 Å². The van der Waals surface area contributed by atoms with Gasteiger partial charge in [-0.15, -0.1) is 0 Å². The van der Waals surface area contributed by atoms with Crippen LogP contribution in [0.15, 0.2) is 34.3 Å². The quantitative estimate of drug-likeness (QED) is 0.686. The van der Waals surface area contributed by atoms with Gasteiger partial charge in [-0.05, 0) is 49.9 Å². The Hall–Kier alpha value is -0.810. The van der Waals surface area contributed by atoms with Crippen LogP contribution in [0.1, 0.15) is 49.8 Å². The molecule has 5 heteroatoms. The van der Waals surface area contributed by atoms with E-state index < -0.39 is 11.7 Å². The van der Waals surface area contributed by atoms with Crippen LogP contribution in [-0.2, 0) is 6.18 Å². The lowest BCUT2D eigenvalue weighted by molar-refractivity contribution is -0.138. The van der Waals surface area contributed by atoms with Crippen molar-refractivity contribution in [3.8, 4) is 0 Å². The fourth-order valence-corrected chi connectivity index (χ4v) is 3.20. The van der Waals surface area contributed by atoms with Crippen LogP contribution in [0.25, 0.3) is 0 Å². The lowest BCUT2D eigenvalue weighted by atomic mass is 9.89. The second-order valence-corrected chi connectivity index (χ2v) is 6.11. The van der Waals surface area contributed by atoms with Gasteiger partial charge in [0.25, 0.3) is 0 Å². The van der Waals surface area contributed by atoms with Crippen LogP contribution >= 0.6 is 15.9 Å². The second-order valence-electron chi connectivity index (χ2n) is 5.25. The molecule has 0 heterocycles. The van der Waals surface area contributed by atoms with Crippen molar-refractivity contribution in [2.75, 3.05) is 6.54 Å². The number of alkyl halides is 3. The van der Waals surface area contributed by atoms with Crippen LogP contribution in [0.5, 0.6) is 0 Å². The summed E-state index contributed by atoms with van der Waals surface area (Å²) < 4.78 is 39.3. The highest BCUT2D eigenvalue weighted by Gasteiger charge is 2.34. The molecule has 1 aromatic rings. The van der Waals surface area contributed by atoms with Crippen molar-refractivity contribution in [3.63, 3.8) is 0 Å². The Morgan fingerprint density at radius 1 is 1.29 bits per heavy atom. The number of hydrogen-bond acceptors (Lipinski definition) is 1. The highest BCUT2D eigenvalue weighted by atomic mass is 79.9. The molecule has 21 heavy (non-hydrogen) atoms. The standard InChI is InChI=1S/C16H19BrF3N/c1-2-21-15(11-6-4-3-5-7-11)12-8-9-14(17)13(10-12)16(18,19)20/h6,8-10,15,21H,2-5,7H2,1H3. The molecular weight excluding hydrogens is 343 g/mol. The number of allylic oxidation sites excluding steroid dienone is 1. The van der Waals surface area contributed by atoms with Crippen LogP contribution in [0.4, 0.5) is 13.2 Å². The summed E-state index contributed by atoms with van der Waals surface area (Å²) in [6, 6.07) is 4.39. The summed E-state index contributed by atoms with van der Waals surface area (Å²) in [5, 5.41) is 3.32. The van der Waals surface area contributed by atoms with Crippen LogP contribution in [0.2, 0.25) is 0 Å². The maximum absolute atomic E-state index is 13.1. The minimum atomic E-state index is -4.34. The number of benzene rings is 1. The number of halogens is 4. The van der Waals surface area contributed by atoms with E-state index in [1.165, 1.54) is 17.7 Å². The van der Waals surface area contributed by atoms with Crippen molar-refractivity contribution in [2.24, 2.45) is 0 Å². The van der Waals surface area contributed by atoms with E-state index >= 15 is 0 Å². The lowest BCUT2D eigenvalue weighted by Gasteiger charge is -2.25. The summed E-state index contributed by atoms with van der Waals surface area (Å²) in [6.45, 7) is 2.69. The third-order valence-corrected chi connectivity index (χ3v) is 4.43. The van der Waals surface area contributed by atoms with Crippen molar-refractivity contribution in [3.05, 3.63) is 45.4 Å². The summed E-state index contributed by atoms with van der Waals surface area (Å²) >= 11 is 3.00. The molecule has 1 aromatic carbocycles. The van der Waals surface area contributed by atoms with E-state index in [2.05, 4.69) is 27.3 Å².